The zero-order valence-electron chi connectivity index (χ0n) is 8.79. The molecule has 1 aliphatic rings. The first-order valence-electron chi connectivity index (χ1n) is 4.68. The normalized spacial score (nSPS) is 32.2. The van der Waals surface area contributed by atoms with Gasteiger partial charge in [0.1, 0.15) is 5.60 Å². The van der Waals surface area contributed by atoms with E-state index in [0.29, 0.717) is 10.6 Å². The number of ether oxygens (including phenoxy) is 2. The minimum Gasteiger partial charge on any atom is -0.466 e. The number of carbonyl (C=O) groups excluding carboxylic acids is 1. The number of rotatable bonds is 2. The number of alkyl halides is 1. The molecule has 0 N–H and O–H groups in total. The largest absolute Gasteiger partial charge is 0.466 e. The highest BCUT2D eigenvalue weighted by Crippen LogP contribution is 2.60. The van der Waals surface area contributed by atoms with Crippen molar-refractivity contribution in [3.8, 4) is 0 Å². The second kappa shape index (κ2) is 3.62. The second-order valence-corrected chi connectivity index (χ2v) is 4.64. The van der Waals surface area contributed by atoms with E-state index in [2.05, 4.69) is 4.74 Å². The van der Waals surface area contributed by atoms with Gasteiger partial charge in [-0.3, -0.25) is 0 Å². The van der Waals surface area contributed by atoms with Crippen LogP contribution in [0.15, 0.2) is 24.3 Å². The van der Waals surface area contributed by atoms with E-state index in [9.17, 15) is 4.79 Å². The number of carbonyl (C=O) groups is 1. The standard InChI is InChI=1S/C11H10Cl2O3/c1-10(7-5-3-4-6-8(7)12)11(13,16-10)9(14)15-2/h3-6H,1-2H3. The van der Waals surface area contributed by atoms with Crippen LogP contribution < -0.4 is 0 Å². The summed E-state index contributed by atoms with van der Waals surface area (Å²) in [6.07, 6.45) is 0. The van der Waals surface area contributed by atoms with Gasteiger partial charge in [-0.2, -0.15) is 0 Å². The molecule has 2 unspecified atom stereocenters. The van der Waals surface area contributed by atoms with E-state index >= 15 is 0 Å². The monoisotopic (exact) mass is 260 g/mol. The summed E-state index contributed by atoms with van der Waals surface area (Å²) in [5, 5.41) is -0.955. The number of hydrogen-bond donors (Lipinski definition) is 0. The van der Waals surface area contributed by atoms with E-state index in [1.165, 1.54) is 7.11 Å². The molecule has 0 saturated carbocycles. The predicted molar refractivity (Wildman–Crippen MR) is 60.5 cm³/mol. The molecule has 1 aliphatic heterocycles. The van der Waals surface area contributed by atoms with Crippen LogP contribution in [0.5, 0.6) is 0 Å². The molecular weight excluding hydrogens is 251 g/mol. The Morgan fingerprint density at radius 2 is 2.06 bits per heavy atom. The summed E-state index contributed by atoms with van der Waals surface area (Å²) in [6, 6.07) is 7.10. The summed E-state index contributed by atoms with van der Waals surface area (Å²) in [6.45, 7) is 1.71. The first-order valence-corrected chi connectivity index (χ1v) is 5.44. The van der Waals surface area contributed by atoms with E-state index in [4.69, 9.17) is 27.9 Å². The summed E-state index contributed by atoms with van der Waals surface area (Å²) in [4.78, 5) is 11.5. The molecule has 0 aliphatic carbocycles. The highest BCUT2D eigenvalue weighted by atomic mass is 35.5. The topological polar surface area (TPSA) is 38.8 Å². The quantitative estimate of drug-likeness (QED) is 0.466. The second-order valence-electron chi connectivity index (χ2n) is 3.70. The Bertz CT molecular complexity index is 449. The van der Waals surface area contributed by atoms with E-state index in [0.717, 1.165) is 0 Å². The maximum absolute atomic E-state index is 11.5. The molecule has 2 atom stereocenters. The van der Waals surface area contributed by atoms with Crippen LogP contribution in [0.2, 0.25) is 5.02 Å². The number of esters is 1. The predicted octanol–water partition coefficient (Wildman–Crippen LogP) is 2.69. The molecule has 0 bridgehead atoms. The van der Waals surface area contributed by atoms with Gasteiger partial charge < -0.3 is 9.47 Å². The lowest BCUT2D eigenvalue weighted by Crippen LogP contribution is -2.27. The lowest BCUT2D eigenvalue weighted by Gasteiger charge is -2.11. The van der Waals surface area contributed by atoms with Crippen LogP contribution in [0, 0.1) is 0 Å². The van der Waals surface area contributed by atoms with Crippen molar-refractivity contribution in [1.82, 2.24) is 0 Å². The van der Waals surface area contributed by atoms with Crippen molar-refractivity contribution in [3.63, 3.8) is 0 Å². The average molecular weight is 261 g/mol. The van der Waals surface area contributed by atoms with Gasteiger partial charge in [-0.25, -0.2) is 4.79 Å². The Balaban J connectivity index is 2.38. The Hall–Kier alpha value is -0.770. The van der Waals surface area contributed by atoms with Crippen molar-refractivity contribution < 1.29 is 14.3 Å². The van der Waals surface area contributed by atoms with Gasteiger partial charge >= 0.3 is 5.97 Å². The van der Waals surface area contributed by atoms with E-state index in [-0.39, 0.29) is 0 Å². The van der Waals surface area contributed by atoms with E-state index < -0.39 is 16.6 Å². The first kappa shape index (κ1) is 11.7. The molecule has 1 saturated heterocycles. The Labute approximate surface area is 103 Å². The molecule has 1 fully saturated rings. The third kappa shape index (κ3) is 1.43. The molecule has 2 rings (SSSR count). The Morgan fingerprint density at radius 1 is 1.44 bits per heavy atom. The van der Waals surface area contributed by atoms with Crippen molar-refractivity contribution >= 4 is 29.2 Å². The third-order valence-corrected chi connectivity index (χ3v) is 3.67. The Morgan fingerprint density at radius 3 is 2.62 bits per heavy atom. The van der Waals surface area contributed by atoms with Gasteiger partial charge in [0.15, 0.2) is 0 Å². The fourth-order valence-electron chi connectivity index (χ4n) is 1.70. The fourth-order valence-corrected chi connectivity index (χ4v) is 2.35. The van der Waals surface area contributed by atoms with Crippen LogP contribution in [-0.4, -0.2) is 18.1 Å². The summed E-state index contributed by atoms with van der Waals surface area (Å²) >= 11 is 12.1. The SMILES string of the molecule is COC(=O)C1(Cl)OC1(C)c1ccccc1Cl. The molecule has 1 heterocycles. The van der Waals surface area contributed by atoms with Gasteiger partial charge in [0.05, 0.1) is 7.11 Å². The highest BCUT2D eigenvalue weighted by molar-refractivity contribution is 6.36. The smallest absolute Gasteiger partial charge is 0.357 e. The van der Waals surface area contributed by atoms with Crippen molar-refractivity contribution in [2.24, 2.45) is 0 Å². The van der Waals surface area contributed by atoms with Crippen molar-refractivity contribution in [3.05, 3.63) is 34.9 Å². The van der Waals surface area contributed by atoms with Crippen LogP contribution >= 0.6 is 23.2 Å². The maximum atomic E-state index is 11.5. The van der Waals surface area contributed by atoms with Crippen LogP contribution in [0.3, 0.4) is 0 Å². The zero-order valence-corrected chi connectivity index (χ0v) is 10.3. The molecule has 16 heavy (non-hydrogen) atoms. The molecule has 0 amide bonds. The van der Waals surface area contributed by atoms with Crippen molar-refractivity contribution in [2.45, 2.75) is 17.6 Å². The van der Waals surface area contributed by atoms with Gasteiger partial charge in [0.25, 0.3) is 5.06 Å². The van der Waals surface area contributed by atoms with Gasteiger partial charge in [-0.15, -0.1) is 0 Å². The van der Waals surface area contributed by atoms with Crippen LogP contribution in [-0.2, 0) is 19.9 Å². The number of hydrogen-bond acceptors (Lipinski definition) is 3. The molecule has 5 heteroatoms. The molecule has 1 aromatic carbocycles. The van der Waals surface area contributed by atoms with Crippen LogP contribution in [0.1, 0.15) is 12.5 Å². The zero-order chi connectivity index (χ0) is 12.0. The molecule has 0 aromatic heterocycles. The summed E-state index contributed by atoms with van der Waals surface area (Å²) in [7, 11) is 1.27. The number of epoxide rings is 1. The van der Waals surface area contributed by atoms with E-state index in [1.54, 1.807) is 25.1 Å². The minimum atomic E-state index is -1.47. The molecule has 1 aromatic rings. The van der Waals surface area contributed by atoms with Crippen molar-refractivity contribution in [2.75, 3.05) is 7.11 Å². The van der Waals surface area contributed by atoms with Gasteiger partial charge in [0, 0.05) is 10.6 Å². The summed E-state index contributed by atoms with van der Waals surface area (Å²) < 4.78 is 9.91. The third-order valence-electron chi connectivity index (χ3n) is 2.75. The lowest BCUT2D eigenvalue weighted by atomic mass is 9.97. The lowest BCUT2D eigenvalue weighted by molar-refractivity contribution is -0.143. The molecule has 0 radical (unpaired) electrons. The first-order chi connectivity index (χ1) is 7.45. The fraction of sp³-hybridized carbons (Fsp3) is 0.364. The van der Waals surface area contributed by atoms with Gasteiger partial charge in [0.2, 0.25) is 0 Å². The van der Waals surface area contributed by atoms with Crippen LogP contribution in [0.4, 0.5) is 0 Å². The van der Waals surface area contributed by atoms with Crippen molar-refractivity contribution in [1.29, 1.82) is 0 Å². The molecule has 0 spiro atoms. The number of halogens is 2. The number of benzene rings is 1. The minimum absolute atomic E-state index is 0.511. The maximum Gasteiger partial charge on any atom is 0.357 e. The van der Waals surface area contributed by atoms with Gasteiger partial charge in [-0.05, 0) is 13.0 Å². The molecular formula is C11H10Cl2O3. The number of methoxy groups -OCH3 is 1. The average Bonchev–Trinajstić information content (AvgIpc) is 2.83. The van der Waals surface area contributed by atoms with E-state index in [1.807, 2.05) is 6.07 Å². The highest BCUT2D eigenvalue weighted by Gasteiger charge is 2.74. The Kier molecular flexibility index (Phi) is 2.65. The summed E-state index contributed by atoms with van der Waals surface area (Å²) in [5.74, 6) is -0.614. The van der Waals surface area contributed by atoms with Gasteiger partial charge in [-0.1, -0.05) is 41.4 Å². The van der Waals surface area contributed by atoms with Crippen LogP contribution in [0.25, 0.3) is 0 Å². The molecule has 3 nitrogen and oxygen atoms in total. The summed E-state index contributed by atoms with van der Waals surface area (Å²) in [5.41, 5.74) is -0.253. The molecule has 86 valence electrons.